The van der Waals surface area contributed by atoms with Gasteiger partial charge in [0, 0.05) is 38.9 Å². The highest BCUT2D eigenvalue weighted by Gasteiger charge is 2.01. The molecule has 5 atom stereocenters. The van der Waals surface area contributed by atoms with Crippen LogP contribution >= 0.6 is 0 Å². The molecular formula is C35H87N5O12S2. The van der Waals surface area contributed by atoms with E-state index in [1.165, 1.54) is 20.2 Å². The zero-order valence-electron chi connectivity index (χ0n) is 37.3. The van der Waals surface area contributed by atoms with E-state index in [0.29, 0.717) is 13.0 Å². The summed E-state index contributed by atoms with van der Waals surface area (Å²) in [5.41, 5.74) is 4.47. The molecule has 0 aliphatic carbocycles. The van der Waals surface area contributed by atoms with Crippen LogP contribution in [0.3, 0.4) is 0 Å². The molecule has 0 aliphatic heterocycles. The molecule has 0 aromatic heterocycles. The monoisotopic (exact) mass is 834 g/mol. The van der Waals surface area contributed by atoms with E-state index in [1.54, 1.807) is 55.5 Å². The molecule has 0 aliphatic rings. The minimum atomic E-state index is -2.91. The lowest BCUT2D eigenvalue weighted by molar-refractivity contribution is -0.122. The summed E-state index contributed by atoms with van der Waals surface area (Å²) in [6, 6.07) is 0. The van der Waals surface area contributed by atoms with Gasteiger partial charge in [0.25, 0.3) is 0 Å². The highest BCUT2D eigenvalue weighted by atomic mass is 32.2. The second kappa shape index (κ2) is 60.2. The van der Waals surface area contributed by atoms with Crippen LogP contribution in [0, 0.1) is 0 Å². The second-order valence-electron chi connectivity index (χ2n) is 11.1. The number of hydrogen-bond acceptors (Lipinski definition) is 14. The van der Waals surface area contributed by atoms with Gasteiger partial charge in [0.15, 0.2) is 0 Å². The van der Waals surface area contributed by atoms with Crippen molar-refractivity contribution in [2.75, 3.05) is 59.5 Å². The highest BCUT2D eigenvalue weighted by molar-refractivity contribution is 7.90. The number of likely N-dealkylation sites (N-methyl/N-ethyl adjacent to an activating group) is 1. The van der Waals surface area contributed by atoms with Gasteiger partial charge in [0.05, 0.1) is 43.2 Å². The molecule has 0 aromatic carbocycles. The van der Waals surface area contributed by atoms with Crippen LogP contribution in [0.5, 0.6) is 0 Å². The fourth-order valence-electron chi connectivity index (χ4n) is 0.666. The molecule has 336 valence electrons. The van der Waals surface area contributed by atoms with Crippen LogP contribution in [0.2, 0.25) is 0 Å². The van der Waals surface area contributed by atoms with Crippen molar-refractivity contribution < 1.29 is 56.8 Å². The Morgan fingerprint density at radius 3 is 0.963 bits per heavy atom. The quantitative estimate of drug-likeness (QED) is 0.138. The summed E-state index contributed by atoms with van der Waals surface area (Å²) in [5, 5.41) is 50.3. The number of sulfonamides is 1. The molecule has 17 nitrogen and oxygen atoms in total. The first-order valence-corrected chi connectivity index (χ1v) is 21.5. The average Bonchev–Trinajstić information content (AvgIpc) is 3.05. The number of aliphatic hydroxyl groups excluding tert-OH is 5. The van der Waals surface area contributed by atoms with Crippen molar-refractivity contribution in [3.63, 3.8) is 0 Å². The first-order valence-electron chi connectivity index (χ1n) is 17.6. The van der Waals surface area contributed by atoms with Gasteiger partial charge in [-0.1, -0.05) is 39.8 Å². The van der Waals surface area contributed by atoms with Crippen molar-refractivity contribution in [2.24, 2.45) is 5.73 Å². The molecule has 0 aromatic rings. The predicted molar refractivity (Wildman–Crippen MR) is 227 cm³/mol. The number of nitrogens with one attached hydrogen (secondary N) is 4. The van der Waals surface area contributed by atoms with E-state index in [-0.39, 0.29) is 42.0 Å². The fourth-order valence-corrected chi connectivity index (χ4v) is 0.666. The van der Waals surface area contributed by atoms with Crippen molar-refractivity contribution in [2.45, 2.75) is 140 Å². The Balaban J connectivity index is -0.0000000502. The smallest absolute Gasteiger partial charge is 0.222 e. The van der Waals surface area contributed by atoms with Gasteiger partial charge < -0.3 is 52.0 Å². The van der Waals surface area contributed by atoms with Crippen LogP contribution in [0.1, 0.15) is 109 Å². The Kier molecular flexibility index (Phi) is 85.4. The zero-order chi connectivity index (χ0) is 46.1. The van der Waals surface area contributed by atoms with Crippen LogP contribution in [0.15, 0.2) is 12.2 Å². The maximum absolute atomic E-state index is 10.4. The molecule has 0 saturated carbocycles. The van der Waals surface area contributed by atoms with Gasteiger partial charge in [-0.05, 0) is 89.5 Å². The lowest BCUT2D eigenvalue weighted by Gasteiger charge is -2.03. The summed E-state index contributed by atoms with van der Waals surface area (Å²) >= 11 is 0. The van der Waals surface area contributed by atoms with E-state index >= 15 is 0 Å². The molecule has 2 amide bonds. The molecule has 0 saturated heterocycles. The van der Waals surface area contributed by atoms with E-state index < -0.39 is 38.2 Å². The molecule has 0 spiro atoms. The van der Waals surface area contributed by atoms with E-state index in [4.69, 9.17) is 25.5 Å². The summed E-state index contributed by atoms with van der Waals surface area (Å²) in [6.45, 7) is 24.3. The number of sulfone groups is 1. The molecule has 0 heterocycles. The lowest BCUT2D eigenvalue weighted by atomic mass is 10.3. The average molecular weight is 834 g/mol. The van der Waals surface area contributed by atoms with Crippen molar-refractivity contribution in [1.82, 2.24) is 20.7 Å². The van der Waals surface area contributed by atoms with Gasteiger partial charge in [-0.2, -0.15) is 0 Å². The molecule has 19 heteroatoms. The first kappa shape index (κ1) is 76.6. The predicted octanol–water partition coefficient (Wildman–Crippen LogP) is 1.12. The number of nitrogens with two attached hydrogens (primary N) is 1. The topological polar surface area (TPSA) is 295 Å². The Labute approximate surface area is 331 Å². The molecule has 0 rings (SSSR count). The number of rotatable bonds is 10. The first-order chi connectivity index (χ1) is 24.3. The molecule has 0 radical (unpaired) electrons. The van der Waals surface area contributed by atoms with Gasteiger partial charge >= 0.3 is 0 Å². The zero-order valence-corrected chi connectivity index (χ0v) is 38.9. The van der Waals surface area contributed by atoms with E-state index in [0.717, 1.165) is 19.2 Å². The van der Waals surface area contributed by atoms with Gasteiger partial charge in [0.1, 0.15) is 15.6 Å². The SMILES string of the molecule is CC(N)=O.CC(O)C(C)O.CC=CC.CCC(C)=O.CCC(C)O.CCNC.CCS(C)(=O)=O.CNC(=O)CC(C)O.CNCC(C)O.CNS(C)(=O)=O. The second-order valence-corrected chi connectivity index (χ2v) is 15.5. The molecule has 54 heavy (non-hydrogen) atoms. The van der Waals surface area contributed by atoms with Crippen LogP contribution in [-0.4, -0.2) is 150 Å². The van der Waals surface area contributed by atoms with Gasteiger partial charge in [-0.15, -0.1) is 0 Å². The number of allylic oxidation sites excluding steroid dienone is 2. The third-order valence-electron chi connectivity index (χ3n) is 4.63. The van der Waals surface area contributed by atoms with E-state index in [2.05, 4.69) is 33.3 Å². The normalized spacial score (nSPS) is 12.1. The standard InChI is InChI=1S/C5H11NO2.C4H11NO.C4H10O2.C4H10O.C4H8O.C4H8.C3H9N.C3H8O2S.C2H7NO2S.C2H5NO/c1-4(7)3-5(8)6-2;1-4(6)3-5-2;1-3(5)4(2)6;2*1-3-4(2)5;2*1-3-4-2;2*1-3-6(2,4)5;1-2(3)4/h4,7H,3H2,1-2H3,(H,6,8);4-6H,3H2,1-2H3;3-6H,1-2H3;4-5H,3H2,1-2H3;3H2,1-2H3;3-4H,1-2H3;4H,3H2,1-2H3;3H2,1-2H3;3H,1-2H3;1H3,(H2,3,4). The van der Waals surface area contributed by atoms with Crippen LogP contribution in [-0.2, 0) is 34.2 Å². The molecule has 11 N–H and O–H groups in total. The number of amides is 2. The van der Waals surface area contributed by atoms with Crippen LogP contribution in [0.25, 0.3) is 0 Å². The van der Waals surface area contributed by atoms with E-state index in [1.807, 2.05) is 53.9 Å². The Bertz CT molecular complexity index is 929. The summed E-state index contributed by atoms with van der Waals surface area (Å²) in [6.07, 6.45) is 5.99. The number of ketones is 1. The Hall–Kier alpha value is -2.07. The highest BCUT2D eigenvalue weighted by Crippen LogP contribution is 1.86. The molecule has 0 fully saturated rings. The maximum Gasteiger partial charge on any atom is 0.222 e. The van der Waals surface area contributed by atoms with Crippen molar-refractivity contribution in [3.05, 3.63) is 12.2 Å². The molecular weight excluding hydrogens is 747 g/mol. The Morgan fingerprint density at radius 2 is 0.944 bits per heavy atom. The summed E-state index contributed by atoms with van der Waals surface area (Å²) < 4.78 is 41.9. The minimum Gasteiger partial charge on any atom is -0.393 e. The molecule has 0 bridgehead atoms. The fraction of sp³-hybridized carbons (Fsp3) is 0.857. The van der Waals surface area contributed by atoms with Crippen LogP contribution < -0.4 is 26.4 Å². The number of Topliss-reactive ketones (excluding diaryl/α,β-unsaturated/α-hetero) is 1. The van der Waals surface area contributed by atoms with E-state index in [9.17, 15) is 31.2 Å². The lowest BCUT2D eigenvalue weighted by Crippen LogP contribution is -2.21. The van der Waals surface area contributed by atoms with Crippen molar-refractivity contribution in [3.8, 4) is 0 Å². The maximum atomic E-state index is 10.4. The number of hydrogen-bond donors (Lipinski definition) is 10. The number of carbonyl (C=O) groups is 3. The third kappa shape index (κ3) is 227. The van der Waals surface area contributed by atoms with Crippen molar-refractivity contribution >= 4 is 37.5 Å². The molecule has 5 unspecified atom stereocenters. The van der Waals surface area contributed by atoms with Gasteiger partial charge in [0.2, 0.25) is 21.8 Å². The Morgan fingerprint density at radius 1 is 0.685 bits per heavy atom. The minimum absolute atomic E-state index is 0.116. The summed E-state index contributed by atoms with van der Waals surface area (Å²) in [5.74, 6) is 0.0394. The number of carbonyl (C=O) groups excluding carboxylic acids is 3. The summed E-state index contributed by atoms with van der Waals surface area (Å²) in [7, 11) is 1.09. The van der Waals surface area contributed by atoms with Crippen molar-refractivity contribution in [1.29, 1.82) is 0 Å². The third-order valence-corrected chi connectivity index (χ3v) is 6.42. The summed E-state index contributed by atoms with van der Waals surface area (Å²) in [4.78, 5) is 29.4. The van der Waals surface area contributed by atoms with Gasteiger partial charge in [-0.3, -0.25) is 9.59 Å². The van der Waals surface area contributed by atoms with Gasteiger partial charge in [-0.25, -0.2) is 21.6 Å². The number of aliphatic hydroxyl groups is 5. The largest absolute Gasteiger partial charge is 0.393 e. The number of primary amides is 1. The van der Waals surface area contributed by atoms with Crippen LogP contribution in [0.4, 0.5) is 0 Å².